The third-order valence-corrected chi connectivity index (χ3v) is 3.76. The lowest BCUT2D eigenvalue weighted by Crippen LogP contribution is -2.05. The molecule has 0 heterocycles. The van der Waals surface area contributed by atoms with E-state index in [2.05, 4.69) is 0 Å². The lowest BCUT2D eigenvalue weighted by molar-refractivity contribution is 0.184. The van der Waals surface area contributed by atoms with E-state index in [4.69, 9.17) is 9.47 Å². The van der Waals surface area contributed by atoms with Crippen molar-refractivity contribution < 1.29 is 22.6 Å². The second kappa shape index (κ2) is 8.20. The quantitative estimate of drug-likeness (QED) is 0.670. The zero-order valence-electron chi connectivity index (χ0n) is 14.1. The number of hydrogen-bond acceptors (Lipinski definition) is 2. The van der Waals surface area contributed by atoms with Crippen LogP contribution in [0.2, 0.25) is 0 Å². The lowest BCUT2D eigenvalue weighted by atomic mass is 10.1. The third kappa shape index (κ3) is 4.51. The van der Waals surface area contributed by atoms with Gasteiger partial charge in [-0.15, -0.1) is 0 Å². The Labute approximate surface area is 140 Å². The Kier molecular flexibility index (Phi) is 6.26. The SMILES string of the molecule is COCc1cc(C)c(OCCCc2cc(F)c(C)cc2F)c(F)c1. The Hall–Kier alpha value is -2.01. The molecule has 0 fully saturated rings. The van der Waals surface area contributed by atoms with Gasteiger partial charge in [-0.1, -0.05) is 0 Å². The van der Waals surface area contributed by atoms with Crippen LogP contribution in [0.3, 0.4) is 0 Å². The summed E-state index contributed by atoms with van der Waals surface area (Å²) >= 11 is 0. The summed E-state index contributed by atoms with van der Waals surface area (Å²) in [4.78, 5) is 0. The number of methoxy groups -OCH3 is 1. The van der Waals surface area contributed by atoms with Gasteiger partial charge in [0.15, 0.2) is 11.6 Å². The molecule has 2 rings (SSSR count). The molecule has 130 valence electrons. The molecule has 2 nitrogen and oxygen atoms in total. The van der Waals surface area contributed by atoms with Crippen molar-refractivity contribution in [2.45, 2.75) is 33.3 Å². The van der Waals surface area contributed by atoms with Crippen LogP contribution in [0, 0.1) is 31.3 Å². The molecule has 0 spiro atoms. The van der Waals surface area contributed by atoms with E-state index in [0.717, 1.165) is 5.56 Å². The molecule has 0 aliphatic carbocycles. The Bertz CT molecular complexity index is 691. The predicted octanol–water partition coefficient (Wildman–Crippen LogP) is 4.88. The first-order chi connectivity index (χ1) is 11.4. The van der Waals surface area contributed by atoms with Crippen molar-refractivity contribution in [2.75, 3.05) is 13.7 Å². The van der Waals surface area contributed by atoms with Crippen LogP contribution >= 0.6 is 0 Å². The van der Waals surface area contributed by atoms with Gasteiger partial charge in [-0.2, -0.15) is 0 Å². The summed E-state index contributed by atoms with van der Waals surface area (Å²) in [6.07, 6.45) is 0.781. The molecule has 0 unspecified atom stereocenters. The second-order valence-electron chi connectivity index (χ2n) is 5.80. The van der Waals surface area contributed by atoms with Crippen LogP contribution in [0.25, 0.3) is 0 Å². The largest absolute Gasteiger partial charge is 0.490 e. The Morgan fingerprint density at radius 2 is 1.62 bits per heavy atom. The number of halogens is 3. The van der Waals surface area contributed by atoms with E-state index in [1.807, 2.05) is 0 Å². The third-order valence-electron chi connectivity index (χ3n) is 3.76. The van der Waals surface area contributed by atoms with Gasteiger partial charge < -0.3 is 9.47 Å². The van der Waals surface area contributed by atoms with Crippen molar-refractivity contribution in [1.82, 2.24) is 0 Å². The minimum absolute atomic E-state index is 0.186. The molecule has 24 heavy (non-hydrogen) atoms. The maximum atomic E-state index is 14.1. The van der Waals surface area contributed by atoms with Crippen LogP contribution in [0.5, 0.6) is 5.75 Å². The second-order valence-corrected chi connectivity index (χ2v) is 5.80. The molecule has 0 aromatic heterocycles. The molecular weight excluding hydrogens is 317 g/mol. The van der Waals surface area contributed by atoms with Gasteiger partial charge in [0.05, 0.1) is 13.2 Å². The fourth-order valence-electron chi connectivity index (χ4n) is 2.55. The highest BCUT2D eigenvalue weighted by atomic mass is 19.1. The first-order valence-electron chi connectivity index (χ1n) is 7.77. The molecule has 0 saturated carbocycles. The van der Waals surface area contributed by atoms with Crippen molar-refractivity contribution >= 4 is 0 Å². The molecule has 0 N–H and O–H groups in total. The van der Waals surface area contributed by atoms with E-state index in [1.165, 1.54) is 25.1 Å². The van der Waals surface area contributed by atoms with Crippen LogP contribution in [0.15, 0.2) is 24.3 Å². The molecule has 2 aromatic carbocycles. The summed E-state index contributed by atoms with van der Waals surface area (Å²) in [5.41, 5.74) is 1.99. The molecule has 5 heteroatoms. The fraction of sp³-hybridized carbons (Fsp3) is 0.368. The van der Waals surface area contributed by atoms with Gasteiger partial charge in [0.1, 0.15) is 11.6 Å². The highest BCUT2D eigenvalue weighted by Gasteiger charge is 2.11. The standard InChI is InChI=1S/C19H21F3O2/c1-12-8-17(21)15(10-16(12)20)5-4-6-24-19-13(2)7-14(11-23-3)9-18(19)22/h7-10H,4-6,11H2,1-3H3. The first-order valence-corrected chi connectivity index (χ1v) is 7.77. The molecule has 0 saturated heterocycles. The Morgan fingerprint density at radius 1 is 0.875 bits per heavy atom. The van der Waals surface area contributed by atoms with Crippen molar-refractivity contribution in [3.8, 4) is 5.75 Å². The number of rotatable bonds is 7. The highest BCUT2D eigenvalue weighted by molar-refractivity contribution is 5.37. The Morgan fingerprint density at radius 3 is 2.29 bits per heavy atom. The summed E-state index contributed by atoms with van der Waals surface area (Å²) in [5.74, 6) is -1.12. The summed E-state index contributed by atoms with van der Waals surface area (Å²) in [5, 5.41) is 0. The number of aryl methyl sites for hydroxylation is 3. The molecular formula is C19H21F3O2. The van der Waals surface area contributed by atoms with Crippen molar-refractivity contribution in [3.63, 3.8) is 0 Å². The first kappa shape index (κ1) is 18.3. The summed E-state index contributed by atoms with van der Waals surface area (Å²) in [7, 11) is 1.55. The van der Waals surface area contributed by atoms with Gasteiger partial charge in [0.2, 0.25) is 0 Å². The average Bonchev–Trinajstić information content (AvgIpc) is 2.51. The molecule has 0 bridgehead atoms. The van der Waals surface area contributed by atoms with E-state index in [9.17, 15) is 13.2 Å². The zero-order chi connectivity index (χ0) is 17.7. The topological polar surface area (TPSA) is 18.5 Å². The van der Waals surface area contributed by atoms with E-state index >= 15 is 0 Å². The van der Waals surface area contributed by atoms with Crippen LogP contribution < -0.4 is 4.74 Å². The van der Waals surface area contributed by atoms with E-state index in [-0.39, 0.29) is 17.9 Å². The van der Waals surface area contributed by atoms with Crippen LogP contribution in [0.4, 0.5) is 13.2 Å². The maximum Gasteiger partial charge on any atom is 0.165 e. The van der Waals surface area contributed by atoms with Crippen molar-refractivity contribution in [3.05, 3.63) is 64.0 Å². The van der Waals surface area contributed by atoms with Gasteiger partial charge in [-0.3, -0.25) is 0 Å². The molecule has 0 amide bonds. The van der Waals surface area contributed by atoms with Crippen LogP contribution in [0.1, 0.15) is 28.7 Å². The summed E-state index contributed by atoms with van der Waals surface area (Å²) in [6, 6.07) is 5.57. The predicted molar refractivity (Wildman–Crippen MR) is 86.8 cm³/mol. The molecule has 2 aromatic rings. The van der Waals surface area contributed by atoms with Crippen molar-refractivity contribution in [2.24, 2.45) is 0 Å². The lowest BCUT2D eigenvalue weighted by Gasteiger charge is -2.12. The van der Waals surface area contributed by atoms with E-state index in [0.29, 0.717) is 30.6 Å². The normalized spacial score (nSPS) is 10.9. The minimum Gasteiger partial charge on any atom is -0.490 e. The molecule has 0 radical (unpaired) electrons. The average molecular weight is 338 g/mol. The van der Waals surface area contributed by atoms with E-state index < -0.39 is 17.5 Å². The molecule has 0 atom stereocenters. The van der Waals surface area contributed by atoms with E-state index in [1.54, 1.807) is 20.1 Å². The molecule has 0 aliphatic heterocycles. The highest BCUT2D eigenvalue weighted by Crippen LogP contribution is 2.25. The van der Waals surface area contributed by atoms with Gasteiger partial charge in [-0.05, 0) is 73.2 Å². The summed E-state index contributed by atoms with van der Waals surface area (Å²) in [6.45, 7) is 3.82. The van der Waals surface area contributed by atoms with Crippen LogP contribution in [-0.2, 0) is 17.8 Å². The minimum atomic E-state index is -0.449. The summed E-state index contributed by atoms with van der Waals surface area (Å²) < 4.78 is 51.7. The fourth-order valence-corrected chi connectivity index (χ4v) is 2.55. The number of benzene rings is 2. The number of ether oxygens (including phenoxy) is 2. The monoisotopic (exact) mass is 338 g/mol. The smallest absolute Gasteiger partial charge is 0.165 e. The van der Waals surface area contributed by atoms with Crippen molar-refractivity contribution in [1.29, 1.82) is 0 Å². The maximum absolute atomic E-state index is 14.1. The molecule has 0 aliphatic rings. The number of hydrogen-bond donors (Lipinski definition) is 0. The van der Waals surface area contributed by atoms with Crippen LogP contribution in [-0.4, -0.2) is 13.7 Å². The van der Waals surface area contributed by atoms with Gasteiger partial charge >= 0.3 is 0 Å². The van der Waals surface area contributed by atoms with Gasteiger partial charge in [0, 0.05) is 7.11 Å². The van der Waals surface area contributed by atoms with Gasteiger partial charge in [-0.25, -0.2) is 13.2 Å². The Balaban J connectivity index is 1.94. The van der Waals surface area contributed by atoms with Gasteiger partial charge in [0.25, 0.3) is 0 Å². The zero-order valence-corrected chi connectivity index (χ0v) is 14.1.